The monoisotopic (exact) mass is 332 g/mol. The molecule has 0 spiro atoms. The van der Waals surface area contributed by atoms with Gasteiger partial charge in [-0.25, -0.2) is 9.00 Å². The predicted octanol–water partition coefficient (Wildman–Crippen LogP) is 3.82. The summed E-state index contributed by atoms with van der Waals surface area (Å²) in [5.74, 6) is 0.324. The molecule has 0 aliphatic rings. The molecule has 1 atom stereocenters. The highest BCUT2D eigenvalue weighted by Gasteiger charge is 2.18. The molecular formula is C18H20O4S. The van der Waals surface area contributed by atoms with E-state index in [1.165, 1.54) is 0 Å². The zero-order valence-electron chi connectivity index (χ0n) is 13.7. The minimum absolute atomic E-state index is 0.390. The van der Waals surface area contributed by atoms with Crippen LogP contribution in [0, 0.1) is 0 Å². The molecule has 0 aromatic heterocycles. The molecule has 0 saturated carbocycles. The first kappa shape index (κ1) is 17.2. The molecule has 0 heterocycles. The highest BCUT2D eigenvalue weighted by molar-refractivity contribution is 7.85. The summed E-state index contributed by atoms with van der Waals surface area (Å²) in [6.45, 7) is 5.45. The van der Waals surface area contributed by atoms with E-state index >= 15 is 0 Å². The summed E-state index contributed by atoms with van der Waals surface area (Å²) in [6, 6.07) is 13.7. The van der Waals surface area contributed by atoms with E-state index in [2.05, 4.69) is 0 Å². The lowest BCUT2D eigenvalue weighted by molar-refractivity contribution is 0.00694. The maximum Gasteiger partial charge on any atom is 0.338 e. The van der Waals surface area contributed by atoms with Crippen LogP contribution in [0.3, 0.4) is 0 Å². The van der Waals surface area contributed by atoms with Crippen molar-refractivity contribution in [2.24, 2.45) is 0 Å². The van der Waals surface area contributed by atoms with Gasteiger partial charge < -0.3 is 9.47 Å². The maximum absolute atomic E-state index is 12.5. The van der Waals surface area contributed by atoms with Gasteiger partial charge in [-0.3, -0.25) is 0 Å². The quantitative estimate of drug-likeness (QED) is 0.799. The van der Waals surface area contributed by atoms with Gasteiger partial charge in [0.2, 0.25) is 0 Å². The Hall–Kier alpha value is -2.14. The van der Waals surface area contributed by atoms with E-state index in [4.69, 9.17) is 9.47 Å². The molecule has 0 saturated heterocycles. The van der Waals surface area contributed by atoms with Crippen molar-refractivity contribution in [2.45, 2.75) is 36.2 Å². The summed E-state index contributed by atoms with van der Waals surface area (Å²) < 4.78 is 22.9. The second kappa shape index (κ2) is 6.96. The van der Waals surface area contributed by atoms with Crippen molar-refractivity contribution < 1.29 is 18.5 Å². The summed E-state index contributed by atoms with van der Waals surface area (Å²) in [4.78, 5) is 13.3. The van der Waals surface area contributed by atoms with Crippen LogP contribution in [-0.2, 0) is 15.5 Å². The number of carbonyl (C=O) groups excluding carboxylic acids is 1. The Kier molecular flexibility index (Phi) is 5.21. The Balaban J connectivity index is 2.15. The van der Waals surface area contributed by atoms with E-state index in [1.807, 2.05) is 20.8 Å². The summed E-state index contributed by atoms with van der Waals surface area (Å²) >= 11 is 0. The standard InChI is InChI=1S/C18H20O4S/c1-18(2,3)22-17(19)13-5-9-15(10-6-13)23(20)16-11-7-14(21-4)8-12-16/h5-12H,1-4H3. The molecule has 0 bridgehead atoms. The largest absolute Gasteiger partial charge is 0.497 e. The van der Waals surface area contributed by atoms with Crippen molar-refractivity contribution in [3.8, 4) is 5.75 Å². The molecular weight excluding hydrogens is 312 g/mol. The second-order valence-corrected chi connectivity index (χ2v) is 7.45. The number of ether oxygens (including phenoxy) is 2. The molecule has 0 amide bonds. The van der Waals surface area contributed by atoms with Crippen LogP contribution in [0.4, 0.5) is 0 Å². The molecule has 23 heavy (non-hydrogen) atoms. The molecule has 0 aliphatic carbocycles. The Morgan fingerprint density at radius 2 is 1.39 bits per heavy atom. The first-order chi connectivity index (χ1) is 10.8. The fourth-order valence-corrected chi connectivity index (χ4v) is 2.93. The van der Waals surface area contributed by atoms with E-state index < -0.39 is 16.4 Å². The minimum atomic E-state index is -1.31. The first-order valence-electron chi connectivity index (χ1n) is 7.19. The molecule has 1 unspecified atom stereocenters. The van der Waals surface area contributed by atoms with Gasteiger partial charge in [0.15, 0.2) is 0 Å². The molecule has 5 heteroatoms. The molecule has 0 fully saturated rings. The molecule has 4 nitrogen and oxygen atoms in total. The highest BCUT2D eigenvalue weighted by atomic mass is 32.2. The maximum atomic E-state index is 12.5. The van der Waals surface area contributed by atoms with Crippen LogP contribution in [-0.4, -0.2) is 22.9 Å². The molecule has 122 valence electrons. The van der Waals surface area contributed by atoms with Gasteiger partial charge in [0.1, 0.15) is 11.4 Å². The van der Waals surface area contributed by atoms with Gasteiger partial charge >= 0.3 is 5.97 Å². The molecule has 2 aromatic rings. The molecule has 2 rings (SSSR count). The van der Waals surface area contributed by atoms with Crippen LogP contribution < -0.4 is 4.74 Å². The van der Waals surface area contributed by atoms with Gasteiger partial charge in [0.05, 0.1) is 23.5 Å². The molecule has 2 aromatic carbocycles. The Labute approximate surface area is 138 Å². The number of hydrogen-bond acceptors (Lipinski definition) is 4. The van der Waals surface area contributed by atoms with Crippen LogP contribution in [0.5, 0.6) is 5.75 Å². The van der Waals surface area contributed by atoms with Crippen LogP contribution in [0.2, 0.25) is 0 Å². The fraction of sp³-hybridized carbons (Fsp3) is 0.278. The number of benzene rings is 2. The predicted molar refractivity (Wildman–Crippen MR) is 89.3 cm³/mol. The molecule has 0 aliphatic heterocycles. The number of methoxy groups -OCH3 is 1. The third-order valence-corrected chi connectivity index (χ3v) is 4.38. The van der Waals surface area contributed by atoms with Gasteiger partial charge in [-0.15, -0.1) is 0 Å². The number of carbonyl (C=O) groups is 1. The van der Waals surface area contributed by atoms with Crippen LogP contribution in [0.25, 0.3) is 0 Å². The summed E-state index contributed by atoms with van der Waals surface area (Å²) in [6.07, 6.45) is 0. The Morgan fingerprint density at radius 3 is 1.83 bits per heavy atom. The van der Waals surface area contributed by atoms with Crippen molar-refractivity contribution in [1.29, 1.82) is 0 Å². The topological polar surface area (TPSA) is 52.6 Å². The van der Waals surface area contributed by atoms with E-state index in [0.717, 1.165) is 0 Å². The van der Waals surface area contributed by atoms with E-state index in [9.17, 15) is 9.00 Å². The van der Waals surface area contributed by atoms with Gasteiger partial charge in [0.25, 0.3) is 0 Å². The zero-order valence-corrected chi connectivity index (χ0v) is 14.5. The van der Waals surface area contributed by atoms with Gasteiger partial charge in [-0.1, -0.05) is 0 Å². The number of rotatable bonds is 4. The van der Waals surface area contributed by atoms with Crippen LogP contribution >= 0.6 is 0 Å². The third-order valence-electron chi connectivity index (χ3n) is 2.98. The van der Waals surface area contributed by atoms with Crippen molar-refractivity contribution >= 4 is 16.8 Å². The molecule has 0 radical (unpaired) electrons. The van der Waals surface area contributed by atoms with Gasteiger partial charge in [-0.2, -0.15) is 0 Å². The Morgan fingerprint density at radius 1 is 0.913 bits per heavy atom. The highest BCUT2D eigenvalue weighted by Crippen LogP contribution is 2.20. The minimum Gasteiger partial charge on any atom is -0.497 e. The average Bonchev–Trinajstić information content (AvgIpc) is 2.53. The lowest BCUT2D eigenvalue weighted by Crippen LogP contribution is -2.23. The van der Waals surface area contributed by atoms with Gasteiger partial charge in [-0.05, 0) is 69.3 Å². The van der Waals surface area contributed by atoms with Crippen molar-refractivity contribution in [1.82, 2.24) is 0 Å². The van der Waals surface area contributed by atoms with E-state index in [-0.39, 0.29) is 5.97 Å². The number of hydrogen-bond donors (Lipinski definition) is 0. The van der Waals surface area contributed by atoms with Crippen molar-refractivity contribution in [2.75, 3.05) is 7.11 Å². The Bertz CT molecular complexity index is 697. The summed E-state index contributed by atoms with van der Waals surface area (Å²) in [5.41, 5.74) is -0.0998. The van der Waals surface area contributed by atoms with Crippen LogP contribution in [0.1, 0.15) is 31.1 Å². The fourth-order valence-electron chi connectivity index (χ4n) is 1.89. The lowest BCUT2D eigenvalue weighted by Gasteiger charge is -2.19. The van der Waals surface area contributed by atoms with Crippen molar-refractivity contribution in [3.05, 3.63) is 54.1 Å². The van der Waals surface area contributed by atoms with E-state index in [1.54, 1.807) is 55.6 Å². The third kappa shape index (κ3) is 4.66. The SMILES string of the molecule is COc1ccc(S(=O)c2ccc(C(=O)OC(C)(C)C)cc2)cc1. The normalized spacial score (nSPS) is 12.5. The van der Waals surface area contributed by atoms with E-state index in [0.29, 0.717) is 21.1 Å². The zero-order chi connectivity index (χ0) is 17.0. The second-order valence-electron chi connectivity index (χ2n) is 5.97. The average molecular weight is 332 g/mol. The first-order valence-corrected chi connectivity index (χ1v) is 8.34. The molecule has 0 N–H and O–H groups in total. The summed E-state index contributed by atoms with van der Waals surface area (Å²) in [5, 5.41) is 0. The lowest BCUT2D eigenvalue weighted by atomic mass is 10.2. The smallest absolute Gasteiger partial charge is 0.338 e. The van der Waals surface area contributed by atoms with Crippen molar-refractivity contribution in [3.63, 3.8) is 0 Å². The van der Waals surface area contributed by atoms with Gasteiger partial charge in [0, 0.05) is 9.79 Å². The number of esters is 1. The van der Waals surface area contributed by atoms with Crippen LogP contribution in [0.15, 0.2) is 58.3 Å². The summed E-state index contributed by atoms with van der Waals surface area (Å²) in [7, 11) is 0.279.